The highest BCUT2D eigenvalue weighted by Crippen LogP contribution is 2.44. The fraction of sp³-hybridized carbons (Fsp3) is 0.509. The van der Waals surface area contributed by atoms with Crippen molar-refractivity contribution in [2.24, 2.45) is 17.3 Å². The summed E-state index contributed by atoms with van der Waals surface area (Å²) in [6.45, 7) is 10.2. The molecule has 1 unspecified atom stereocenters. The minimum absolute atomic E-state index is 0.110. The van der Waals surface area contributed by atoms with Gasteiger partial charge in [-0.25, -0.2) is 14.2 Å². The molecule has 0 spiro atoms. The van der Waals surface area contributed by atoms with Crippen molar-refractivity contribution in [2.45, 2.75) is 116 Å². The summed E-state index contributed by atoms with van der Waals surface area (Å²) >= 11 is 0. The first-order valence-corrected chi connectivity index (χ1v) is 24.6. The number of nitrogens with one attached hydrogen (secondary N) is 2. The van der Waals surface area contributed by atoms with Crippen molar-refractivity contribution in [2.75, 3.05) is 39.9 Å². The Bertz CT molecular complexity index is 2730. The number of nitrogens with zero attached hydrogens (tertiary/aromatic N) is 5. The number of alkyl halides is 5. The van der Waals surface area contributed by atoms with Gasteiger partial charge in [-0.2, -0.15) is 13.2 Å². The molecular formula is C53H62F5N7O7. The standard InChI is InChI=1S/C53H62F5N7O7/c1-7-43(66)63-19-16-33(27-63)49(68)62(6)45(30(2)3)48(67)60-40-23-31-21-34(24-35(22-31)47(54)55)32-14-15-41-37(25-32)38(26-52(4,5)29-72-51(70)39-12-9-18-65(61-39)50(40)69)46(64(41)28-53(56,57)58)36-11-8-17-59-44(36)42-13-10-20-71-42/h7-8,11,14-15,17,21-22,24-25,30,33,39-40,42,45,47,61H,1,9-10,12-13,16,18-20,23,26-29H2,2-6H3,(H,60,67)/t33-,39-,40-,42-,45?/m0/s1. The van der Waals surface area contributed by atoms with Crippen LogP contribution >= 0.6 is 0 Å². The molecule has 5 atom stereocenters. The highest BCUT2D eigenvalue weighted by Gasteiger charge is 2.41. The fourth-order valence-electron chi connectivity index (χ4n) is 10.8. The third-order valence-corrected chi connectivity index (χ3v) is 14.2. The number of likely N-dealkylation sites (N-methyl/N-ethyl adjacent to an activating group) is 1. The lowest BCUT2D eigenvalue weighted by molar-refractivity contribution is -0.155. The zero-order chi connectivity index (χ0) is 51.8. The van der Waals surface area contributed by atoms with E-state index < -0.39 is 84.0 Å². The van der Waals surface area contributed by atoms with E-state index in [1.54, 1.807) is 56.4 Å². The van der Waals surface area contributed by atoms with E-state index in [9.17, 15) is 37.1 Å². The molecule has 8 rings (SSSR count). The van der Waals surface area contributed by atoms with Gasteiger partial charge in [0.1, 0.15) is 30.8 Å². The van der Waals surface area contributed by atoms with Gasteiger partial charge in [0.2, 0.25) is 17.7 Å². The summed E-state index contributed by atoms with van der Waals surface area (Å²) < 4.78 is 87.7. The molecule has 386 valence electrons. The zero-order valence-electron chi connectivity index (χ0n) is 41.2. The summed E-state index contributed by atoms with van der Waals surface area (Å²) in [4.78, 5) is 77.0. The number of benzene rings is 2. The summed E-state index contributed by atoms with van der Waals surface area (Å²) in [6, 6.07) is 8.83. The smallest absolute Gasteiger partial charge is 0.406 e. The molecule has 4 aliphatic rings. The highest BCUT2D eigenvalue weighted by molar-refractivity contribution is 5.96. The van der Waals surface area contributed by atoms with Crippen LogP contribution in [0.1, 0.15) is 94.7 Å². The molecule has 19 heteroatoms. The molecule has 0 saturated carbocycles. The van der Waals surface area contributed by atoms with Crippen molar-refractivity contribution in [1.82, 2.24) is 35.1 Å². The highest BCUT2D eigenvalue weighted by atomic mass is 19.4. The first-order chi connectivity index (χ1) is 34.1. The van der Waals surface area contributed by atoms with Gasteiger partial charge in [0, 0.05) is 73.4 Å². The Hall–Kier alpha value is -6.21. The number of halogens is 5. The molecule has 4 aliphatic heterocycles. The first-order valence-electron chi connectivity index (χ1n) is 24.6. The number of cyclic esters (lactones) is 1. The lowest BCUT2D eigenvalue weighted by Crippen LogP contribution is -2.62. The molecule has 3 saturated heterocycles. The van der Waals surface area contributed by atoms with E-state index in [-0.39, 0.29) is 73.1 Å². The Morgan fingerprint density at radius 2 is 1.81 bits per heavy atom. The van der Waals surface area contributed by atoms with Gasteiger partial charge in [-0.05, 0) is 103 Å². The van der Waals surface area contributed by atoms with Crippen LogP contribution < -0.4 is 10.7 Å². The van der Waals surface area contributed by atoms with Crippen molar-refractivity contribution >= 4 is 40.5 Å². The number of amides is 4. The second-order valence-corrected chi connectivity index (χ2v) is 20.6. The number of aromatic nitrogens is 2. The summed E-state index contributed by atoms with van der Waals surface area (Å²) in [6.07, 6.45) is -3.20. The summed E-state index contributed by atoms with van der Waals surface area (Å²) in [5, 5.41) is 4.49. The van der Waals surface area contributed by atoms with Gasteiger partial charge in [0.25, 0.3) is 12.3 Å². The van der Waals surface area contributed by atoms with Crippen LogP contribution in [-0.2, 0) is 52.8 Å². The SMILES string of the molecule is C=CC(=O)N1CC[C@H](C(=O)N(C)C(C(=O)N[C@H]2Cc3cc(cc(C(F)F)c3)-c3ccc4c(c3)c(c(-c3cccnc3[C@@H]3CCCO3)n4CC(F)(F)F)CC(C)(C)COC(=O)[C@@H]3CCCN(N3)C2=O)C(C)C)C1. The predicted octanol–water partition coefficient (Wildman–Crippen LogP) is 7.89. The van der Waals surface area contributed by atoms with Crippen LogP contribution in [0.25, 0.3) is 33.3 Å². The topological polar surface area (TPSA) is 155 Å². The second kappa shape index (κ2) is 21.1. The van der Waals surface area contributed by atoms with Gasteiger partial charge in [-0.1, -0.05) is 52.5 Å². The number of carbonyl (C=O) groups is 5. The van der Waals surface area contributed by atoms with Crippen molar-refractivity contribution in [3.8, 4) is 22.4 Å². The molecule has 6 bridgehead atoms. The number of carbonyl (C=O) groups excluding carboxylic acids is 5. The van der Waals surface area contributed by atoms with E-state index in [1.807, 2.05) is 13.8 Å². The number of likely N-dealkylation sites (tertiary alicyclic amines) is 1. The summed E-state index contributed by atoms with van der Waals surface area (Å²) in [5.41, 5.74) is 4.53. The van der Waals surface area contributed by atoms with Crippen molar-refractivity contribution in [1.29, 1.82) is 0 Å². The van der Waals surface area contributed by atoms with Gasteiger partial charge < -0.3 is 29.2 Å². The summed E-state index contributed by atoms with van der Waals surface area (Å²) in [5.74, 6) is -3.79. The van der Waals surface area contributed by atoms with Crippen LogP contribution in [0.5, 0.6) is 0 Å². The third-order valence-electron chi connectivity index (χ3n) is 14.2. The number of esters is 1. The van der Waals surface area contributed by atoms with E-state index in [1.165, 1.54) is 44.6 Å². The zero-order valence-corrected chi connectivity index (χ0v) is 41.2. The number of hydrogen-bond donors (Lipinski definition) is 2. The van der Waals surface area contributed by atoms with Gasteiger partial charge in [-0.15, -0.1) is 0 Å². The maximum absolute atomic E-state index is 15.0. The van der Waals surface area contributed by atoms with Crippen LogP contribution in [0.2, 0.25) is 0 Å². The number of hydrazine groups is 1. The molecule has 2 N–H and O–H groups in total. The number of hydrogen-bond acceptors (Lipinski definition) is 9. The van der Waals surface area contributed by atoms with Crippen LogP contribution in [0.3, 0.4) is 0 Å². The number of rotatable bonds is 10. The molecule has 2 aromatic heterocycles. The molecule has 72 heavy (non-hydrogen) atoms. The minimum atomic E-state index is -4.67. The average molecular weight is 1000 g/mol. The number of pyridine rings is 1. The molecule has 0 radical (unpaired) electrons. The summed E-state index contributed by atoms with van der Waals surface area (Å²) in [7, 11) is 1.49. The maximum atomic E-state index is 15.0. The molecule has 3 fully saturated rings. The van der Waals surface area contributed by atoms with Crippen molar-refractivity contribution in [3.63, 3.8) is 0 Å². The van der Waals surface area contributed by atoms with E-state index in [0.717, 1.165) is 6.42 Å². The van der Waals surface area contributed by atoms with E-state index in [2.05, 4.69) is 22.3 Å². The lowest BCUT2D eigenvalue weighted by Gasteiger charge is -2.37. The van der Waals surface area contributed by atoms with Crippen LogP contribution in [0.4, 0.5) is 22.0 Å². The average Bonchev–Trinajstić information content (AvgIpc) is 4.12. The molecule has 4 amide bonds. The van der Waals surface area contributed by atoms with Crippen LogP contribution in [0, 0.1) is 17.3 Å². The Balaban J connectivity index is 1.25. The van der Waals surface area contributed by atoms with Crippen molar-refractivity contribution in [3.05, 3.63) is 89.8 Å². The van der Waals surface area contributed by atoms with Crippen molar-refractivity contribution < 1.29 is 55.4 Å². The van der Waals surface area contributed by atoms with Gasteiger partial charge in [0.05, 0.1) is 23.9 Å². The van der Waals surface area contributed by atoms with Gasteiger partial charge in [-0.3, -0.25) is 34.0 Å². The Morgan fingerprint density at radius 3 is 2.50 bits per heavy atom. The first kappa shape index (κ1) is 52.1. The van der Waals surface area contributed by atoms with Crippen LogP contribution in [0.15, 0.2) is 67.4 Å². The molecular weight excluding hydrogens is 942 g/mol. The predicted molar refractivity (Wildman–Crippen MR) is 258 cm³/mol. The molecule has 4 aromatic rings. The van der Waals surface area contributed by atoms with Gasteiger partial charge >= 0.3 is 12.1 Å². The van der Waals surface area contributed by atoms with E-state index >= 15 is 8.78 Å². The van der Waals surface area contributed by atoms with E-state index in [0.29, 0.717) is 60.2 Å². The largest absolute Gasteiger partial charge is 0.464 e. The van der Waals surface area contributed by atoms with Crippen LogP contribution in [-0.4, -0.2) is 118 Å². The Morgan fingerprint density at radius 1 is 1.03 bits per heavy atom. The molecule has 14 nitrogen and oxygen atoms in total. The third kappa shape index (κ3) is 11.2. The van der Waals surface area contributed by atoms with Gasteiger partial charge in [0.15, 0.2) is 0 Å². The second-order valence-electron chi connectivity index (χ2n) is 20.6. The monoisotopic (exact) mass is 1000 g/mol. The van der Waals surface area contributed by atoms with E-state index in [4.69, 9.17) is 9.47 Å². The Kier molecular flexibility index (Phi) is 15.3. The Labute approximate surface area is 415 Å². The minimum Gasteiger partial charge on any atom is -0.464 e. The normalized spacial score (nSPS) is 22.2. The lowest BCUT2D eigenvalue weighted by atomic mass is 9.84. The fourth-order valence-corrected chi connectivity index (χ4v) is 10.8. The number of fused-ring (bicyclic) bond motifs is 6. The molecule has 6 heterocycles. The maximum Gasteiger partial charge on any atom is 0.406 e. The number of ether oxygens (including phenoxy) is 2. The quantitative estimate of drug-likeness (QED) is 0.0917. The molecule has 0 aliphatic carbocycles. The molecule has 2 aromatic carbocycles.